The van der Waals surface area contributed by atoms with Gasteiger partial charge >= 0.3 is 0 Å². The number of Topliss-reactive ketones (excluding diaryl/α,β-unsaturated/α-hetero) is 1. The molecule has 2 atom stereocenters. The summed E-state index contributed by atoms with van der Waals surface area (Å²) in [5, 5.41) is 3.62. The maximum absolute atomic E-state index is 14.4. The van der Waals surface area contributed by atoms with Crippen LogP contribution in [0.5, 0.6) is 0 Å². The van der Waals surface area contributed by atoms with E-state index < -0.39 is 69.0 Å². The highest BCUT2D eigenvalue weighted by molar-refractivity contribution is 8.04. The minimum atomic E-state index is -4.56. The molecule has 0 unspecified atom stereocenters. The number of sulfonamides is 1. The lowest BCUT2D eigenvalue weighted by Gasteiger charge is -2.50. The molecule has 0 aromatic carbocycles. The first-order chi connectivity index (χ1) is 21.3. The fraction of sp³-hybridized carbons (Fsp3) is 0.379. The minimum Gasteiger partial charge on any atom is -0.373 e. The van der Waals surface area contributed by atoms with Crippen molar-refractivity contribution in [3.63, 3.8) is 0 Å². The van der Waals surface area contributed by atoms with E-state index in [-0.39, 0.29) is 31.4 Å². The van der Waals surface area contributed by atoms with Crippen molar-refractivity contribution in [3.8, 4) is 5.69 Å². The molecule has 3 aliphatic rings. The Labute approximate surface area is 255 Å². The Bertz CT molecular complexity index is 1850. The Morgan fingerprint density at radius 1 is 1.13 bits per heavy atom. The van der Waals surface area contributed by atoms with E-state index in [1.165, 1.54) is 25.4 Å². The van der Waals surface area contributed by atoms with E-state index in [0.29, 0.717) is 22.5 Å². The highest BCUT2D eigenvalue weighted by Crippen LogP contribution is 2.53. The molecule has 16 heteroatoms. The standard InChI is InChI=1S/C29H28F4N8O3S/c1-35-16-38-27(34)45(43,44)41(22-12-29(32,33)13-22)20-3-2-18-8-24-17(14-39-40(24)21-4-5-25(31)37-15-21)10-28(18,11-20)26(42)23-9-19(30)6-7-36-23/h4-9,14-16,20,22H,2-3,10-13H2,1H3,(H2,34,35,38)/t20-,28-/m0/s1. The molecule has 3 aliphatic carbocycles. The first-order valence-corrected chi connectivity index (χ1v) is 15.5. The summed E-state index contributed by atoms with van der Waals surface area (Å²) in [7, 11) is -3.20. The van der Waals surface area contributed by atoms with Gasteiger partial charge in [-0.1, -0.05) is 5.57 Å². The summed E-state index contributed by atoms with van der Waals surface area (Å²) in [6.45, 7) is 0. The first kappa shape index (κ1) is 30.7. The number of amidine groups is 1. The van der Waals surface area contributed by atoms with Crippen molar-refractivity contribution in [1.82, 2.24) is 24.1 Å². The molecule has 0 amide bonds. The quantitative estimate of drug-likeness (QED) is 0.136. The van der Waals surface area contributed by atoms with Gasteiger partial charge in [0.2, 0.25) is 11.1 Å². The Balaban J connectivity index is 1.45. The number of aliphatic imine (C=N–C) groups is 2. The van der Waals surface area contributed by atoms with Gasteiger partial charge in [-0.3, -0.25) is 14.8 Å². The molecule has 45 heavy (non-hydrogen) atoms. The molecule has 0 bridgehead atoms. The van der Waals surface area contributed by atoms with Crippen LogP contribution in [0.15, 0.2) is 58.4 Å². The third-order valence-electron chi connectivity index (χ3n) is 8.61. The van der Waals surface area contributed by atoms with Crippen molar-refractivity contribution in [2.24, 2.45) is 21.1 Å². The lowest BCUT2D eigenvalue weighted by atomic mass is 9.60. The third-order valence-corrected chi connectivity index (χ3v) is 10.4. The number of hydrogen-bond acceptors (Lipinski definition) is 7. The van der Waals surface area contributed by atoms with E-state index in [4.69, 9.17) is 5.73 Å². The van der Waals surface area contributed by atoms with Gasteiger partial charge in [0.25, 0.3) is 15.9 Å². The van der Waals surface area contributed by atoms with Crippen molar-refractivity contribution >= 4 is 33.4 Å². The third kappa shape index (κ3) is 5.45. The Kier molecular flexibility index (Phi) is 7.67. The zero-order valence-electron chi connectivity index (χ0n) is 23.9. The fourth-order valence-corrected chi connectivity index (χ4v) is 8.07. The summed E-state index contributed by atoms with van der Waals surface area (Å²) in [5.74, 6) is -4.95. The smallest absolute Gasteiger partial charge is 0.276 e. The molecule has 6 rings (SSSR count). The number of nitrogens with two attached hydrogens (primary N) is 1. The summed E-state index contributed by atoms with van der Waals surface area (Å²) in [6, 6.07) is 2.78. The van der Waals surface area contributed by atoms with Gasteiger partial charge in [-0.25, -0.2) is 36.2 Å². The molecular weight excluding hydrogens is 616 g/mol. The average Bonchev–Trinajstić information content (AvgIpc) is 3.39. The maximum Gasteiger partial charge on any atom is 0.276 e. The highest BCUT2D eigenvalue weighted by Gasteiger charge is 2.57. The first-order valence-electron chi connectivity index (χ1n) is 14.1. The Morgan fingerprint density at radius 3 is 2.58 bits per heavy atom. The zero-order chi connectivity index (χ0) is 32.1. The normalized spacial score (nSPS) is 23.4. The second-order valence-corrected chi connectivity index (χ2v) is 13.2. The summed E-state index contributed by atoms with van der Waals surface area (Å²) >= 11 is 0. The zero-order valence-corrected chi connectivity index (χ0v) is 24.8. The van der Waals surface area contributed by atoms with Crippen molar-refractivity contribution in [1.29, 1.82) is 0 Å². The predicted octanol–water partition coefficient (Wildman–Crippen LogP) is 3.70. The molecule has 3 aromatic heterocycles. The van der Waals surface area contributed by atoms with Gasteiger partial charge < -0.3 is 5.73 Å². The van der Waals surface area contributed by atoms with Gasteiger partial charge in [0.05, 0.1) is 29.2 Å². The van der Waals surface area contributed by atoms with Crippen LogP contribution in [0.3, 0.4) is 0 Å². The number of ketones is 1. The van der Waals surface area contributed by atoms with Gasteiger partial charge in [-0.2, -0.15) is 13.8 Å². The molecule has 0 saturated heterocycles. The van der Waals surface area contributed by atoms with Gasteiger partial charge in [0.15, 0.2) is 5.78 Å². The van der Waals surface area contributed by atoms with Crippen molar-refractivity contribution in [3.05, 3.63) is 77.1 Å². The van der Waals surface area contributed by atoms with Gasteiger partial charge in [-0.05, 0) is 55.5 Å². The molecule has 3 aromatic rings. The van der Waals surface area contributed by atoms with Gasteiger partial charge in [0.1, 0.15) is 17.8 Å². The second-order valence-electron chi connectivity index (χ2n) is 11.4. The Hall–Kier alpha value is -4.31. The number of alkyl halides is 2. The van der Waals surface area contributed by atoms with Crippen LogP contribution in [-0.2, 0) is 16.4 Å². The molecule has 0 aliphatic heterocycles. The summed E-state index contributed by atoms with van der Waals surface area (Å²) in [6.07, 6.45) is 5.60. The summed E-state index contributed by atoms with van der Waals surface area (Å²) < 4.78 is 86.1. The molecule has 2 fully saturated rings. The van der Waals surface area contributed by atoms with E-state index >= 15 is 0 Å². The molecular formula is C29H28F4N8O3S. The highest BCUT2D eigenvalue weighted by atomic mass is 32.2. The summed E-state index contributed by atoms with van der Waals surface area (Å²) in [5.41, 5.74) is 6.61. The van der Waals surface area contributed by atoms with E-state index in [2.05, 4.69) is 25.1 Å². The molecule has 3 heterocycles. The number of fused-ring (bicyclic) bond motifs is 2. The number of aromatic nitrogens is 4. The number of rotatable bonds is 7. The van der Waals surface area contributed by atoms with Crippen LogP contribution >= 0.6 is 0 Å². The molecule has 236 valence electrons. The van der Waals surface area contributed by atoms with E-state index in [0.717, 1.165) is 29.0 Å². The van der Waals surface area contributed by atoms with Crippen LogP contribution in [0, 0.1) is 17.2 Å². The number of carbonyl (C=O) groups is 1. The van der Waals surface area contributed by atoms with Gasteiger partial charge in [0, 0.05) is 44.2 Å². The maximum atomic E-state index is 14.4. The number of carbonyl (C=O) groups excluding carboxylic acids is 1. The monoisotopic (exact) mass is 644 g/mol. The molecule has 2 saturated carbocycles. The van der Waals surface area contributed by atoms with Crippen LogP contribution in [0.2, 0.25) is 0 Å². The van der Waals surface area contributed by atoms with Crippen molar-refractivity contribution in [2.75, 3.05) is 7.05 Å². The number of halogens is 4. The SMILES string of the molecule is CN=CN=C(N)S(=O)(=O)N(C1CC(F)(F)C1)[C@H]1CCC2=Cc3c(cnn3-c3ccc(F)nc3)C[C@]2(C(=O)c2cc(F)ccn2)C1. The van der Waals surface area contributed by atoms with Crippen molar-refractivity contribution in [2.45, 2.75) is 56.5 Å². The van der Waals surface area contributed by atoms with Crippen molar-refractivity contribution < 1.29 is 30.8 Å². The lowest BCUT2D eigenvalue weighted by molar-refractivity contribution is -0.116. The van der Waals surface area contributed by atoms with Crippen LogP contribution in [0.25, 0.3) is 11.8 Å². The second kappa shape index (κ2) is 11.2. The van der Waals surface area contributed by atoms with E-state index in [1.807, 2.05) is 0 Å². The minimum absolute atomic E-state index is 0.0388. The van der Waals surface area contributed by atoms with Crippen LogP contribution in [0.4, 0.5) is 17.6 Å². The average molecular weight is 645 g/mol. The van der Waals surface area contributed by atoms with Crippen LogP contribution in [-0.4, -0.2) is 74.8 Å². The predicted molar refractivity (Wildman–Crippen MR) is 156 cm³/mol. The van der Waals surface area contributed by atoms with Crippen LogP contribution < -0.4 is 5.73 Å². The number of allylic oxidation sites excluding steroid dienone is 1. The topological polar surface area (TPSA) is 149 Å². The summed E-state index contributed by atoms with van der Waals surface area (Å²) in [4.78, 5) is 29.5. The largest absolute Gasteiger partial charge is 0.373 e. The van der Waals surface area contributed by atoms with E-state index in [9.17, 15) is 30.8 Å². The van der Waals surface area contributed by atoms with Gasteiger partial charge in [-0.15, -0.1) is 0 Å². The lowest BCUT2D eigenvalue weighted by Crippen LogP contribution is -2.61. The van der Waals surface area contributed by atoms with E-state index in [1.54, 1.807) is 17.0 Å². The molecule has 2 N–H and O–H groups in total. The molecule has 0 spiro atoms. The fourth-order valence-electron chi connectivity index (χ4n) is 6.56. The Morgan fingerprint density at radius 2 is 1.91 bits per heavy atom. The number of pyridine rings is 2. The number of hydrogen-bond donors (Lipinski definition) is 1. The van der Waals surface area contributed by atoms with Crippen LogP contribution in [0.1, 0.15) is 53.8 Å². The number of nitrogens with zero attached hydrogens (tertiary/aromatic N) is 7. The molecule has 11 nitrogen and oxygen atoms in total. The molecule has 0 radical (unpaired) electrons.